The number of nitrogens with two attached hydrogens (primary N) is 1. The molecule has 1 unspecified atom stereocenters. The van der Waals surface area contributed by atoms with Crippen LogP contribution in [0, 0.1) is 26.7 Å². The summed E-state index contributed by atoms with van der Waals surface area (Å²) in [5.41, 5.74) is 9.43. The van der Waals surface area contributed by atoms with Gasteiger partial charge in [-0.2, -0.15) is 0 Å². The minimum absolute atomic E-state index is 0.0336. The van der Waals surface area contributed by atoms with Crippen LogP contribution < -0.4 is 11.1 Å². The summed E-state index contributed by atoms with van der Waals surface area (Å²) in [4.78, 5) is 27.9. The van der Waals surface area contributed by atoms with Crippen molar-refractivity contribution in [1.29, 1.82) is 0 Å². The number of thioether (sulfide) groups is 1. The lowest BCUT2D eigenvalue weighted by atomic mass is 10.0. The molecule has 0 radical (unpaired) electrons. The van der Waals surface area contributed by atoms with Crippen molar-refractivity contribution >= 4 is 34.6 Å². The van der Waals surface area contributed by atoms with Crippen molar-refractivity contribution in [3.05, 3.63) is 34.9 Å². The van der Waals surface area contributed by atoms with E-state index in [1.165, 1.54) is 17.3 Å². The van der Waals surface area contributed by atoms with Crippen molar-refractivity contribution in [3.8, 4) is 0 Å². The Bertz CT molecular complexity index is 802. The molecular weight excluding hydrogens is 322 g/mol. The van der Waals surface area contributed by atoms with E-state index in [-0.39, 0.29) is 11.8 Å². The highest BCUT2D eigenvalue weighted by atomic mass is 32.2. The SMILES string of the molecule is Cc1cc(C)c2nc(SC(C(=O)NC(N)=O)C(C)C)cc(C)c2c1. The van der Waals surface area contributed by atoms with Gasteiger partial charge in [0, 0.05) is 5.39 Å². The molecule has 2 aromatic rings. The fourth-order valence-electron chi connectivity index (χ4n) is 2.69. The van der Waals surface area contributed by atoms with Crippen molar-refractivity contribution in [2.45, 2.75) is 44.9 Å². The second kappa shape index (κ2) is 7.21. The number of hydrogen-bond donors (Lipinski definition) is 2. The largest absolute Gasteiger partial charge is 0.351 e. The Morgan fingerprint density at radius 1 is 1.12 bits per heavy atom. The Balaban J connectivity index is 2.41. The first-order chi connectivity index (χ1) is 11.2. The summed E-state index contributed by atoms with van der Waals surface area (Å²) in [7, 11) is 0. The van der Waals surface area contributed by atoms with Gasteiger partial charge in [-0.05, 0) is 49.9 Å². The lowest BCUT2D eigenvalue weighted by molar-refractivity contribution is -0.120. The fourth-order valence-corrected chi connectivity index (χ4v) is 3.78. The number of nitrogens with zero attached hydrogens (tertiary/aromatic N) is 1. The van der Waals surface area contributed by atoms with E-state index in [0.717, 1.165) is 27.1 Å². The molecule has 24 heavy (non-hydrogen) atoms. The van der Waals surface area contributed by atoms with Crippen LogP contribution in [0.25, 0.3) is 10.9 Å². The summed E-state index contributed by atoms with van der Waals surface area (Å²) < 4.78 is 0. The minimum Gasteiger partial charge on any atom is -0.351 e. The van der Waals surface area contributed by atoms with Gasteiger partial charge in [0.05, 0.1) is 15.8 Å². The highest BCUT2D eigenvalue weighted by Crippen LogP contribution is 2.31. The normalized spacial score (nSPS) is 12.4. The number of aryl methyl sites for hydroxylation is 3. The summed E-state index contributed by atoms with van der Waals surface area (Å²) in [6.45, 7) is 10.0. The van der Waals surface area contributed by atoms with E-state index < -0.39 is 11.3 Å². The smallest absolute Gasteiger partial charge is 0.318 e. The number of carbonyl (C=O) groups is 2. The van der Waals surface area contributed by atoms with Crippen LogP contribution in [0.15, 0.2) is 23.2 Å². The fraction of sp³-hybridized carbons (Fsp3) is 0.389. The molecule has 0 aliphatic carbocycles. The number of benzene rings is 1. The van der Waals surface area contributed by atoms with Gasteiger partial charge >= 0.3 is 6.03 Å². The number of urea groups is 1. The average molecular weight is 345 g/mol. The summed E-state index contributed by atoms with van der Waals surface area (Å²) in [5.74, 6) is -0.353. The second-order valence-electron chi connectivity index (χ2n) is 6.39. The highest BCUT2D eigenvalue weighted by molar-refractivity contribution is 8.00. The van der Waals surface area contributed by atoms with Gasteiger partial charge in [0.2, 0.25) is 5.91 Å². The first-order valence-electron chi connectivity index (χ1n) is 7.84. The zero-order valence-electron chi connectivity index (χ0n) is 14.6. The van der Waals surface area contributed by atoms with Crippen LogP contribution in [0.3, 0.4) is 0 Å². The third-order valence-electron chi connectivity index (χ3n) is 3.79. The van der Waals surface area contributed by atoms with Crippen LogP contribution in [-0.4, -0.2) is 22.2 Å². The van der Waals surface area contributed by atoms with Crippen molar-refractivity contribution in [2.75, 3.05) is 0 Å². The number of fused-ring (bicyclic) bond motifs is 1. The third-order valence-corrected chi connectivity index (χ3v) is 5.25. The maximum Gasteiger partial charge on any atom is 0.318 e. The van der Waals surface area contributed by atoms with E-state index in [9.17, 15) is 9.59 Å². The Labute approximate surface area is 146 Å². The monoisotopic (exact) mass is 345 g/mol. The quantitative estimate of drug-likeness (QED) is 0.831. The molecule has 0 aliphatic rings. The molecule has 3 N–H and O–H groups in total. The predicted molar refractivity (Wildman–Crippen MR) is 98.2 cm³/mol. The number of amides is 3. The Morgan fingerprint density at radius 3 is 2.38 bits per heavy atom. The first-order valence-corrected chi connectivity index (χ1v) is 8.72. The molecule has 5 nitrogen and oxygen atoms in total. The van der Waals surface area contributed by atoms with Crippen LogP contribution in [0.4, 0.5) is 4.79 Å². The summed E-state index contributed by atoms with van der Waals surface area (Å²) >= 11 is 1.36. The molecular formula is C18H23N3O2S. The Hall–Kier alpha value is -2.08. The molecule has 1 heterocycles. The first kappa shape index (κ1) is 18.3. The van der Waals surface area contributed by atoms with Crippen molar-refractivity contribution < 1.29 is 9.59 Å². The maximum absolute atomic E-state index is 12.2. The molecule has 0 saturated carbocycles. The average Bonchev–Trinajstić information content (AvgIpc) is 2.44. The van der Waals surface area contributed by atoms with Gasteiger partial charge in [0.25, 0.3) is 0 Å². The third kappa shape index (κ3) is 4.06. The number of hydrogen-bond acceptors (Lipinski definition) is 4. The van der Waals surface area contributed by atoms with Gasteiger partial charge in [0.1, 0.15) is 0 Å². The summed E-state index contributed by atoms with van der Waals surface area (Å²) in [5, 5.41) is 3.62. The molecule has 0 aliphatic heterocycles. The molecule has 1 aromatic carbocycles. The van der Waals surface area contributed by atoms with Gasteiger partial charge in [-0.3, -0.25) is 10.1 Å². The maximum atomic E-state index is 12.2. The Morgan fingerprint density at radius 2 is 1.79 bits per heavy atom. The van der Waals surface area contributed by atoms with Gasteiger partial charge in [-0.25, -0.2) is 9.78 Å². The van der Waals surface area contributed by atoms with Gasteiger partial charge in [-0.15, -0.1) is 0 Å². The Kier molecular flexibility index (Phi) is 5.49. The zero-order valence-corrected chi connectivity index (χ0v) is 15.5. The van der Waals surface area contributed by atoms with Crippen LogP contribution in [0.2, 0.25) is 0 Å². The molecule has 0 spiro atoms. The summed E-state index contributed by atoms with van der Waals surface area (Å²) in [6.07, 6.45) is 0. The minimum atomic E-state index is -0.833. The van der Waals surface area contributed by atoms with Crippen molar-refractivity contribution in [3.63, 3.8) is 0 Å². The zero-order chi connectivity index (χ0) is 18.0. The van der Waals surface area contributed by atoms with Crippen LogP contribution in [-0.2, 0) is 4.79 Å². The number of primary amides is 1. The molecule has 0 saturated heterocycles. The molecule has 0 fully saturated rings. The van der Waals surface area contributed by atoms with Crippen LogP contribution >= 0.6 is 11.8 Å². The lowest BCUT2D eigenvalue weighted by Gasteiger charge is -2.19. The van der Waals surface area contributed by atoms with Crippen LogP contribution in [0.1, 0.15) is 30.5 Å². The standard InChI is InChI=1S/C18H23N3O2S/c1-9(2)16(17(22)21-18(19)23)24-14-8-11(4)13-7-10(3)6-12(5)15(13)20-14/h6-9,16H,1-5H3,(H3,19,21,22,23). The molecule has 0 bridgehead atoms. The van der Waals surface area contributed by atoms with Gasteiger partial charge in [-0.1, -0.05) is 37.2 Å². The number of imide groups is 1. The number of pyridine rings is 1. The van der Waals surface area contributed by atoms with Crippen molar-refractivity contribution in [2.24, 2.45) is 11.7 Å². The molecule has 2 rings (SSSR count). The predicted octanol–water partition coefficient (Wildman–Crippen LogP) is 3.47. The number of aromatic nitrogens is 1. The van der Waals surface area contributed by atoms with Crippen LogP contribution in [0.5, 0.6) is 0 Å². The molecule has 1 atom stereocenters. The topological polar surface area (TPSA) is 85.1 Å². The lowest BCUT2D eigenvalue weighted by Crippen LogP contribution is -2.42. The molecule has 3 amide bonds. The molecule has 128 valence electrons. The van der Waals surface area contributed by atoms with Gasteiger partial charge < -0.3 is 5.73 Å². The molecule has 1 aromatic heterocycles. The van der Waals surface area contributed by atoms with E-state index >= 15 is 0 Å². The van der Waals surface area contributed by atoms with Crippen molar-refractivity contribution in [1.82, 2.24) is 10.3 Å². The van der Waals surface area contributed by atoms with E-state index in [1.54, 1.807) is 0 Å². The van der Waals surface area contributed by atoms with E-state index in [0.29, 0.717) is 0 Å². The second-order valence-corrected chi connectivity index (χ2v) is 7.55. The number of rotatable bonds is 4. The number of carbonyl (C=O) groups excluding carboxylic acids is 2. The molecule has 6 heteroatoms. The van der Waals surface area contributed by atoms with E-state index in [4.69, 9.17) is 10.7 Å². The van der Waals surface area contributed by atoms with Gasteiger partial charge in [0.15, 0.2) is 0 Å². The van der Waals surface area contributed by atoms with E-state index in [2.05, 4.69) is 24.4 Å². The number of nitrogens with one attached hydrogen (secondary N) is 1. The highest BCUT2D eigenvalue weighted by Gasteiger charge is 2.25. The summed E-state index contributed by atoms with van der Waals surface area (Å²) in [6, 6.07) is 5.38. The van der Waals surface area contributed by atoms with E-state index in [1.807, 2.05) is 33.8 Å².